The molecular weight excluding hydrogens is 287 g/mol. The SMILES string of the molecule is NCc1ccc(N(CCO)C2CC2)c(F)c1Br. The summed E-state index contributed by atoms with van der Waals surface area (Å²) in [6.07, 6.45) is 2.13. The summed E-state index contributed by atoms with van der Waals surface area (Å²) in [5.74, 6) is -0.284. The minimum Gasteiger partial charge on any atom is -0.395 e. The number of nitrogens with zero attached hydrogens (tertiary/aromatic N) is 1. The number of rotatable bonds is 5. The lowest BCUT2D eigenvalue weighted by atomic mass is 10.2. The van der Waals surface area contributed by atoms with E-state index < -0.39 is 0 Å². The van der Waals surface area contributed by atoms with Crippen LogP contribution < -0.4 is 10.6 Å². The van der Waals surface area contributed by atoms with Gasteiger partial charge in [0.2, 0.25) is 0 Å². The molecule has 0 unspecified atom stereocenters. The van der Waals surface area contributed by atoms with Gasteiger partial charge in [-0.05, 0) is 40.4 Å². The molecule has 3 nitrogen and oxygen atoms in total. The van der Waals surface area contributed by atoms with Gasteiger partial charge in [0, 0.05) is 19.1 Å². The Labute approximate surface area is 109 Å². The minimum atomic E-state index is -0.284. The third kappa shape index (κ3) is 2.61. The van der Waals surface area contributed by atoms with Crippen LogP contribution in [0.3, 0.4) is 0 Å². The number of nitrogens with two attached hydrogens (primary N) is 1. The van der Waals surface area contributed by atoms with Gasteiger partial charge in [0.05, 0.1) is 16.8 Å². The molecule has 0 radical (unpaired) electrons. The van der Waals surface area contributed by atoms with Crippen LogP contribution in [0, 0.1) is 5.82 Å². The van der Waals surface area contributed by atoms with Gasteiger partial charge in [-0.15, -0.1) is 0 Å². The number of hydrogen-bond acceptors (Lipinski definition) is 3. The Hall–Kier alpha value is -0.650. The summed E-state index contributed by atoms with van der Waals surface area (Å²) in [6.45, 7) is 0.809. The van der Waals surface area contributed by atoms with E-state index in [1.165, 1.54) is 0 Å². The molecule has 1 aromatic carbocycles. The van der Waals surface area contributed by atoms with E-state index >= 15 is 0 Å². The fraction of sp³-hybridized carbons (Fsp3) is 0.500. The van der Waals surface area contributed by atoms with Crippen molar-refractivity contribution in [3.8, 4) is 0 Å². The fourth-order valence-corrected chi connectivity index (χ4v) is 2.45. The highest BCUT2D eigenvalue weighted by atomic mass is 79.9. The van der Waals surface area contributed by atoms with E-state index in [1.54, 1.807) is 6.07 Å². The third-order valence-electron chi connectivity index (χ3n) is 3.00. The van der Waals surface area contributed by atoms with Crippen molar-refractivity contribution in [3.63, 3.8) is 0 Å². The molecule has 3 N–H and O–H groups in total. The monoisotopic (exact) mass is 302 g/mol. The number of benzene rings is 1. The molecule has 0 heterocycles. The van der Waals surface area contributed by atoms with Gasteiger partial charge in [0.1, 0.15) is 0 Å². The van der Waals surface area contributed by atoms with Crippen LogP contribution >= 0.6 is 15.9 Å². The molecule has 0 aliphatic heterocycles. The molecule has 0 saturated heterocycles. The first kappa shape index (κ1) is 12.8. The normalized spacial score (nSPS) is 15.1. The molecule has 0 bridgehead atoms. The van der Waals surface area contributed by atoms with Crippen LogP contribution in [0.1, 0.15) is 18.4 Å². The highest BCUT2D eigenvalue weighted by Crippen LogP contribution is 2.36. The standard InChI is InChI=1S/C12H16BrFN2O/c13-11-8(7-15)1-4-10(12(11)14)16(5-6-17)9-2-3-9/h1,4,9,17H,2-3,5-7,15H2. The van der Waals surface area contributed by atoms with Gasteiger partial charge in [-0.2, -0.15) is 0 Å². The maximum absolute atomic E-state index is 14.2. The van der Waals surface area contributed by atoms with Gasteiger partial charge in [-0.25, -0.2) is 4.39 Å². The first-order chi connectivity index (χ1) is 8.19. The minimum absolute atomic E-state index is 0.0339. The summed E-state index contributed by atoms with van der Waals surface area (Å²) in [4.78, 5) is 1.93. The molecule has 1 aromatic rings. The van der Waals surface area contributed by atoms with Gasteiger partial charge in [-0.3, -0.25) is 0 Å². The summed E-state index contributed by atoms with van der Waals surface area (Å²) >= 11 is 3.24. The number of halogens is 2. The molecule has 2 rings (SSSR count). The van der Waals surface area contributed by atoms with Crippen molar-refractivity contribution < 1.29 is 9.50 Å². The summed E-state index contributed by atoms with van der Waals surface area (Å²) in [5.41, 5.74) is 6.83. The molecule has 94 valence electrons. The van der Waals surface area contributed by atoms with E-state index in [1.807, 2.05) is 11.0 Å². The predicted molar refractivity (Wildman–Crippen MR) is 69.4 cm³/mol. The lowest BCUT2D eigenvalue weighted by Gasteiger charge is -2.25. The van der Waals surface area contributed by atoms with E-state index in [0.717, 1.165) is 18.4 Å². The Morgan fingerprint density at radius 2 is 2.18 bits per heavy atom. The van der Waals surface area contributed by atoms with Crippen LogP contribution in [0.5, 0.6) is 0 Å². The Morgan fingerprint density at radius 1 is 1.47 bits per heavy atom. The van der Waals surface area contributed by atoms with Crippen molar-refractivity contribution in [1.29, 1.82) is 0 Å². The largest absolute Gasteiger partial charge is 0.395 e. The van der Waals surface area contributed by atoms with Gasteiger partial charge in [0.15, 0.2) is 5.82 Å². The highest BCUT2D eigenvalue weighted by Gasteiger charge is 2.31. The zero-order valence-electron chi connectivity index (χ0n) is 9.50. The number of aliphatic hydroxyl groups is 1. The second-order valence-corrected chi connectivity index (χ2v) is 5.02. The topological polar surface area (TPSA) is 49.5 Å². The Balaban J connectivity index is 2.33. The average molecular weight is 303 g/mol. The van der Waals surface area contributed by atoms with E-state index in [2.05, 4.69) is 15.9 Å². The number of hydrogen-bond donors (Lipinski definition) is 2. The van der Waals surface area contributed by atoms with Crippen LogP contribution in [0.4, 0.5) is 10.1 Å². The Kier molecular flexibility index (Phi) is 4.01. The van der Waals surface area contributed by atoms with Crippen LogP contribution in [0.2, 0.25) is 0 Å². The quantitative estimate of drug-likeness (QED) is 0.875. The predicted octanol–water partition coefficient (Wildman–Crippen LogP) is 2.01. The molecule has 17 heavy (non-hydrogen) atoms. The summed E-state index contributed by atoms with van der Waals surface area (Å²) < 4.78 is 14.6. The molecule has 5 heteroatoms. The van der Waals surface area contributed by atoms with Gasteiger partial charge < -0.3 is 15.7 Å². The van der Waals surface area contributed by atoms with Crippen molar-refractivity contribution in [2.75, 3.05) is 18.1 Å². The van der Waals surface area contributed by atoms with Gasteiger partial charge in [0.25, 0.3) is 0 Å². The van der Waals surface area contributed by atoms with Crippen LogP contribution in [-0.4, -0.2) is 24.3 Å². The first-order valence-electron chi connectivity index (χ1n) is 5.73. The lowest BCUT2D eigenvalue weighted by molar-refractivity contribution is 0.301. The smallest absolute Gasteiger partial charge is 0.160 e. The Morgan fingerprint density at radius 3 is 2.71 bits per heavy atom. The average Bonchev–Trinajstić information content (AvgIpc) is 3.14. The van der Waals surface area contributed by atoms with Crippen LogP contribution in [-0.2, 0) is 6.54 Å². The van der Waals surface area contributed by atoms with E-state index in [0.29, 0.717) is 29.3 Å². The van der Waals surface area contributed by atoms with Gasteiger partial charge >= 0.3 is 0 Å². The molecule has 0 aromatic heterocycles. The fourth-order valence-electron chi connectivity index (χ4n) is 1.95. The highest BCUT2D eigenvalue weighted by molar-refractivity contribution is 9.10. The second kappa shape index (κ2) is 5.33. The van der Waals surface area contributed by atoms with Crippen LogP contribution in [0.25, 0.3) is 0 Å². The molecule has 0 spiro atoms. The molecule has 1 aliphatic rings. The summed E-state index contributed by atoms with van der Waals surface area (Å²) in [7, 11) is 0. The number of anilines is 1. The summed E-state index contributed by atoms with van der Waals surface area (Å²) in [6, 6.07) is 3.94. The zero-order valence-corrected chi connectivity index (χ0v) is 11.1. The maximum Gasteiger partial charge on any atom is 0.160 e. The number of aliphatic hydroxyl groups excluding tert-OH is 1. The maximum atomic E-state index is 14.2. The Bertz CT molecular complexity index is 410. The lowest BCUT2D eigenvalue weighted by Crippen LogP contribution is -2.29. The third-order valence-corrected chi connectivity index (χ3v) is 3.86. The van der Waals surface area contributed by atoms with Crippen molar-refractivity contribution in [2.24, 2.45) is 5.73 Å². The molecule has 1 fully saturated rings. The van der Waals surface area contributed by atoms with Gasteiger partial charge in [-0.1, -0.05) is 6.07 Å². The first-order valence-corrected chi connectivity index (χ1v) is 6.52. The van der Waals surface area contributed by atoms with E-state index in [4.69, 9.17) is 10.8 Å². The summed E-state index contributed by atoms with van der Waals surface area (Å²) in [5, 5.41) is 9.04. The van der Waals surface area contributed by atoms with E-state index in [9.17, 15) is 4.39 Å². The molecule has 0 amide bonds. The second-order valence-electron chi connectivity index (χ2n) is 4.22. The van der Waals surface area contributed by atoms with Crippen molar-refractivity contribution in [2.45, 2.75) is 25.4 Å². The molecule has 1 aliphatic carbocycles. The van der Waals surface area contributed by atoms with Crippen molar-refractivity contribution in [1.82, 2.24) is 0 Å². The van der Waals surface area contributed by atoms with Crippen molar-refractivity contribution in [3.05, 3.63) is 28.0 Å². The van der Waals surface area contributed by atoms with Crippen molar-refractivity contribution >= 4 is 21.6 Å². The molecule has 0 atom stereocenters. The molecular formula is C12H16BrFN2O. The zero-order chi connectivity index (χ0) is 12.4. The molecule has 1 saturated carbocycles. The van der Waals surface area contributed by atoms with E-state index in [-0.39, 0.29) is 12.4 Å². The van der Waals surface area contributed by atoms with Crippen LogP contribution in [0.15, 0.2) is 16.6 Å².